The van der Waals surface area contributed by atoms with Crippen LogP contribution in [0.4, 0.5) is 5.13 Å². The summed E-state index contributed by atoms with van der Waals surface area (Å²) in [6.45, 7) is 2.94. The third-order valence-electron chi connectivity index (χ3n) is 4.51. The van der Waals surface area contributed by atoms with Gasteiger partial charge in [0.25, 0.3) is 11.8 Å². The highest BCUT2D eigenvalue weighted by atomic mass is 32.1. The zero-order valence-corrected chi connectivity index (χ0v) is 17.3. The van der Waals surface area contributed by atoms with Gasteiger partial charge in [-0.1, -0.05) is 6.92 Å². The molecule has 0 unspecified atom stereocenters. The van der Waals surface area contributed by atoms with Gasteiger partial charge in [-0.3, -0.25) is 14.9 Å². The van der Waals surface area contributed by atoms with Gasteiger partial charge in [0, 0.05) is 28.4 Å². The summed E-state index contributed by atoms with van der Waals surface area (Å²) in [6, 6.07) is 4.94. The fraction of sp³-hybridized carbons (Fsp3) is 0.300. The Hall–Kier alpha value is -3.24. The minimum Gasteiger partial charge on any atom is -0.477 e. The van der Waals surface area contributed by atoms with Crippen LogP contribution in [0.25, 0.3) is 10.9 Å². The number of carboxylic acid groups (broad SMARTS) is 1. The molecule has 0 aliphatic heterocycles. The zero-order valence-electron chi connectivity index (χ0n) is 16.4. The first-order valence-corrected chi connectivity index (χ1v) is 10.5. The van der Waals surface area contributed by atoms with Crippen LogP contribution in [0.2, 0.25) is 0 Å². The maximum absolute atomic E-state index is 12.7. The van der Waals surface area contributed by atoms with Crippen molar-refractivity contribution in [2.75, 3.05) is 18.4 Å². The summed E-state index contributed by atoms with van der Waals surface area (Å²) in [5.74, 6) is -1.73. The second-order valence-electron chi connectivity index (χ2n) is 6.68. The quantitative estimate of drug-likeness (QED) is 0.353. The van der Waals surface area contributed by atoms with Crippen LogP contribution in [0.3, 0.4) is 0 Å². The fourth-order valence-corrected chi connectivity index (χ4v) is 3.73. The second kappa shape index (κ2) is 9.51. The number of aromatic amines is 1. The number of nitrogens with zero attached hydrogens (tertiary/aromatic N) is 1. The number of aryl methyl sites for hydroxylation is 1. The molecule has 3 aromatic rings. The Morgan fingerprint density at radius 2 is 2.07 bits per heavy atom. The first-order chi connectivity index (χ1) is 14.4. The number of hydrogen-bond donors (Lipinski definition) is 5. The van der Waals surface area contributed by atoms with E-state index in [1.807, 2.05) is 6.92 Å². The molecule has 2 amide bonds. The third kappa shape index (κ3) is 4.66. The Balaban J connectivity index is 1.82. The third-order valence-corrected chi connectivity index (χ3v) is 5.26. The SMILES string of the molecule is CCCNC(=O)c1csc(NC(=O)c2ccc3[nH]c(C(=O)O)c(CCCN)c3c2)n1. The van der Waals surface area contributed by atoms with Crippen LogP contribution in [0.5, 0.6) is 0 Å². The number of H-pyrrole nitrogens is 1. The van der Waals surface area contributed by atoms with E-state index in [1.165, 1.54) is 0 Å². The summed E-state index contributed by atoms with van der Waals surface area (Å²) >= 11 is 1.16. The summed E-state index contributed by atoms with van der Waals surface area (Å²) in [5, 5.41) is 17.4. The van der Waals surface area contributed by atoms with Gasteiger partial charge in [-0.2, -0.15) is 0 Å². The molecule has 0 spiro atoms. The number of rotatable bonds is 9. The number of fused-ring (bicyclic) bond motifs is 1. The Morgan fingerprint density at radius 3 is 2.77 bits per heavy atom. The molecule has 9 nitrogen and oxygen atoms in total. The number of carbonyl (C=O) groups is 3. The predicted octanol–water partition coefficient (Wildman–Crippen LogP) is 2.61. The lowest BCUT2D eigenvalue weighted by Gasteiger charge is -2.04. The topological polar surface area (TPSA) is 150 Å². The molecule has 0 saturated carbocycles. The lowest BCUT2D eigenvalue weighted by Crippen LogP contribution is -2.24. The van der Waals surface area contributed by atoms with Gasteiger partial charge in [0.05, 0.1) is 0 Å². The molecular formula is C20H23N5O4S. The lowest BCUT2D eigenvalue weighted by molar-refractivity contribution is 0.0689. The Kier molecular flexibility index (Phi) is 6.80. The Bertz CT molecular complexity index is 1090. The van der Waals surface area contributed by atoms with Gasteiger partial charge < -0.3 is 21.1 Å². The maximum Gasteiger partial charge on any atom is 0.352 e. The average molecular weight is 430 g/mol. The highest BCUT2D eigenvalue weighted by Crippen LogP contribution is 2.26. The first kappa shape index (κ1) is 21.5. The highest BCUT2D eigenvalue weighted by Gasteiger charge is 2.19. The van der Waals surface area contributed by atoms with Crippen molar-refractivity contribution in [3.8, 4) is 0 Å². The van der Waals surface area contributed by atoms with Gasteiger partial charge in [0.15, 0.2) is 5.13 Å². The van der Waals surface area contributed by atoms with Crippen LogP contribution in [-0.2, 0) is 6.42 Å². The van der Waals surface area contributed by atoms with Crippen molar-refractivity contribution in [3.63, 3.8) is 0 Å². The molecule has 10 heteroatoms. The number of anilines is 1. The number of nitrogens with one attached hydrogen (secondary N) is 3. The molecule has 0 atom stereocenters. The number of aromatic carboxylic acids is 1. The molecule has 1 aromatic carbocycles. The standard InChI is InChI=1S/C20H23N5O4S/c1-2-8-22-18(27)15-10-30-20(24-15)25-17(26)11-5-6-14-13(9-11)12(4-3-7-21)16(23-14)19(28)29/h5-6,9-10,23H,2-4,7-8,21H2,1H3,(H,22,27)(H,28,29)(H,24,25,26). The van der Waals surface area contributed by atoms with E-state index in [0.29, 0.717) is 53.1 Å². The molecule has 30 heavy (non-hydrogen) atoms. The predicted molar refractivity (Wildman–Crippen MR) is 115 cm³/mol. The second-order valence-corrected chi connectivity index (χ2v) is 7.54. The first-order valence-electron chi connectivity index (χ1n) is 9.57. The van der Waals surface area contributed by atoms with E-state index in [1.54, 1.807) is 23.6 Å². The zero-order chi connectivity index (χ0) is 21.7. The Labute approximate surface area is 176 Å². The largest absolute Gasteiger partial charge is 0.477 e. The van der Waals surface area contributed by atoms with Gasteiger partial charge in [-0.05, 0) is 49.6 Å². The summed E-state index contributed by atoms with van der Waals surface area (Å²) in [5.41, 5.74) is 7.56. The van der Waals surface area contributed by atoms with Crippen LogP contribution >= 0.6 is 11.3 Å². The van der Waals surface area contributed by atoms with Gasteiger partial charge in [0.1, 0.15) is 11.4 Å². The van der Waals surface area contributed by atoms with Crippen molar-refractivity contribution in [1.82, 2.24) is 15.3 Å². The molecule has 0 bridgehead atoms. The number of amides is 2. The van der Waals surface area contributed by atoms with Crippen molar-refractivity contribution in [2.45, 2.75) is 26.2 Å². The Morgan fingerprint density at radius 1 is 1.27 bits per heavy atom. The van der Waals surface area contributed by atoms with E-state index >= 15 is 0 Å². The molecule has 6 N–H and O–H groups in total. The number of carboxylic acids is 1. The maximum atomic E-state index is 12.7. The van der Waals surface area contributed by atoms with Crippen molar-refractivity contribution in [1.29, 1.82) is 0 Å². The van der Waals surface area contributed by atoms with Crippen molar-refractivity contribution >= 4 is 45.2 Å². The van der Waals surface area contributed by atoms with Crippen molar-refractivity contribution in [2.24, 2.45) is 5.73 Å². The lowest BCUT2D eigenvalue weighted by atomic mass is 10.0. The molecule has 0 radical (unpaired) electrons. The van der Waals surface area contributed by atoms with Crippen molar-refractivity contribution in [3.05, 3.63) is 46.1 Å². The molecule has 0 fully saturated rings. The van der Waals surface area contributed by atoms with E-state index < -0.39 is 11.9 Å². The minimum absolute atomic E-state index is 0.110. The number of carbonyl (C=O) groups excluding carboxylic acids is 2. The van der Waals surface area contributed by atoms with Gasteiger partial charge >= 0.3 is 5.97 Å². The van der Waals surface area contributed by atoms with Crippen LogP contribution < -0.4 is 16.4 Å². The van der Waals surface area contributed by atoms with Gasteiger partial charge in [0.2, 0.25) is 0 Å². The number of nitrogens with two attached hydrogens (primary N) is 1. The van der Waals surface area contributed by atoms with E-state index in [4.69, 9.17) is 5.73 Å². The normalized spacial score (nSPS) is 10.9. The monoisotopic (exact) mass is 429 g/mol. The van der Waals surface area contributed by atoms with Gasteiger partial charge in [-0.25, -0.2) is 9.78 Å². The fourth-order valence-electron chi connectivity index (χ4n) is 3.04. The molecule has 2 aromatic heterocycles. The number of hydrogen-bond acceptors (Lipinski definition) is 6. The molecule has 0 aliphatic rings. The molecule has 0 aliphatic carbocycles. The summed E-state index contributed by atoms with van der Waals surface area (Å²) in [4.78, 5) is 43.2. The molecule has 2 heterocycles. The number of aromatic nitrogens is 2. The van der Waals surface area contributed by atoms with E-state index in [0.717, 1.165) is 17.8 Å². The molecule has 158 valence electrons. The van der Waals surface area contributed by atoms with E-state index in [-0.39, 0.29) is 17.3 Å². The average Bonchev–Trinajstić information content (AvgIpc) is 3.34. The summed E-state index contributed by atoms with van der Waals surface area (Å²) < 4.78 is 0. The summed E-state index contributed by atoms with van der Waals surface area (Å²) in [7, 11) is 0. The van der Waals surface area contributed by atoms with Crippen LogP contribution in [0.15, 0.2) is 23.6 Å². The minimum atomic E-state index is -1.05. The van der Waals surface area contributed by atoms with E-state index in [9.17, 15) is 19.5 Å². The number of benzene rings is 1. The van der Waals surface area contributed by atoms with Crippen LogP contribution in [0.1, 0.15) is 56.7 Å². The van der Waals surface area contributed by atoms with Crippen LogP contribution in [-0.4, -0.2) is 45.9 Å². The van der Waals surface area contributed by atoms with Gasteiger partial charge in [-0.15, -0.1) is 11.3 Å². The molecular weight excluding hydrogens is 406 g/mol. The van der Waals surface area contributed by atoms with E-state index in [2.05, 4.69) is 20.6 Å². The smallest absolute Gasteiger partial charge is 0.352 e. The van der Waals surface area contributed by atoms with Crippen LogP contribution in [0, 0.1) is 0 Å². The summed E-state index contributed by atoms with van der Waals surface area (Å²) in [6.07, 6.45) is 1.94. The highest BCUT2D eigenvalue weighted by molar-refractivity contribution is 7.14. The molecule has 0 saturated heterocycles. The number of thiazole rings is 1. The molecule has 3 rings (SSSR count). The van der Waals surface area contributed by atoms with Crippen molar-refractivity contribution < 1.29 is 19.5 Å².